The van der Waals surface area contributed by atoms with Crippen molar-refractivity contribution in [1.82, 2.24) is 9.78 Å². The van der Waals surface area contributed by atoms with Crippen molar-refractivity contribution in [2.75, 3.05) is 0 Å². The Balaban J connectivity index is 2.47. The SMILES string of the molecule is Cc1ccc(C(O)c2c(C)nn(C)c2Cl)cc1F. The summed E-state index contributed by atoms with van der Waals surface area (Å²) in [6.45, 7) is 3.43. The lowest BCUT2D eigenvalue weighted by Gasteiger charge is -2.12. The van der Waals surface area contributed by atoms with Crippen LogP contribution in [0.5, 0.6) is 0 Å². The Labute approximate surface area is 110 Å². The van der Waals surface area contributed by atoms with E-state index >= 15 is 0 Å². The molecule has 0 aliphatic rings. The van der Waals surface area contributed by atoms with E-state index in [0.717, 1.165) is 0 Å². The monoisotopic (exact) mass is 268 g/mol. The highest BCUT2D eigenvalue weighted by Crippen LogP contribution is 2.31. The summed E-state index contributed by atoms with van der Waals surface area (Å²) in [5.41, 5.74) is 2.16. The molecule has 0 saturated carbocycles. The Morgan fingerprint density at radius 2 is 2.06 bits per heavy atom. The summed E-state index contributed by atoms with van der Waals surface area (Å²) in [4.78, 5) is 0. The molecule has 0 saturated heterocycles. The summed E-state index contributed by atoms with van der Waals surface area (Å²) in [7, 11) is 1.70. The highest BCUT2D eigenvalue weighted by molar-refractivity contribution is 6.30. The fourth-order valence-corrected chi connectivity index (χ4v) is 2.18. The molecule has 0 fully saturated rings. The average Bonchev–Trinajstić information content (AvgIpc) is 2.56. The quantitative estimate of drug-likeness (QED) is 0.909. The van der Waals surface area contributed by atoms with Crippen LogP contribution in [0.1, 0.15) is 28.5 Å². The lowest BCUT2D eigenvalue weighted by Crippen LogP contribution is -2.02. The number of hydrogen-bond donors (Lipinski definition) is 1. The molecule has 18 heavy (non-hydrogen) atoms. The van der Waals surface area contributed by atoms with Crippen molar-refractivity contribution in [3.63, 3.8) is 0 Å². The van der Waals surface area contributed by atoms with E-state index in [2.05, 4.69) is 5.10 Å². The first-order chi connectivity index (χ1) is 8.41. The number of aromatic nitrogens is 2. The van der Waals surface area contributed by atoms with Gasteiger partial charge in [-0.25, -0.2) is 4.39 Å². The van der Waals surface area contributed by atoms with E-state index in [9.17, 15) is 9.50 Å². The lowest BCUT2D eigenvalue weighted by molar-refractivity contribution is 0.219. The van der Waals surface area contributed by atoms with Crippen molar-refractivity contribution in [1.29, 1.82) is 0 Å². The largest absolute Gasteiger partial charge is 0.383 e. The van der Waals surface area contributed by atoms with Gasteiger partial charge in [0.15, 0.2) is 0 Å². The second-order valence-corrected chi connectivity index (χ2v) is 4.68. The van der Waals surface area contributed by atoms with E-state index in [1.54, 1.807) is 33.0 Å². The zero-order valence-electron chi connectivity index (χ0n) is 10.4. The standard InChI is InChI=1S/C13H14ClFN2O/c1-7-4-5-9(6-10(7)15)12(18)11-8(2)16-17(3)13(11)14/h4-6,12,18H,1-3H3. The molecule has 96 valence electrons. The molecule has 1 heterocycles. The molecule has 0 aliphatic carbocycles. The molecule has 0 aliphatic heterocycles. The van der Waals surface area contributed by atoms with Gasteiger partial charge >= 0.3 is 0 Å². The summed E-state index contributed by atoms with van der Waals surface area (Å²) in [6.07, 6.45) is -0.971. The highest BCUT2D eigenvalue weighted by atomic mass is 35.5. The van der Waals surface area contributed by atoms with E-state index in [1.807, 2.05) is 0 Å². The first-order valence-corrected chi connectivity index (χ1v) is 5.92. The fraction of sp³-hybridized carbons (Fsp3) is 0.308. The number of hydrogen-bond acceptors (Lipinski definition) is 2. The molecule has 2 aromatic rings. The van der Waals surface area contributed by atoms with E-state index < -0.39 is 6.10 Å². The van der Waals surface area contributed by atoms with Gasteiger partial charge in [-0.3, -0.25) is 4.68 Å². The summed E-state index contributed by atoms with van der Waals surface area (Å²) < 4.78 is 15.0. The number of aliphatic hydroxyl groups excluding tert-OH is 1. The van der Waals surface area contributed by atoms with E-state index in [0.29, 0.717) is 27.5 Å². The fourth-order valence-electron chi connectivity index (χ4n) is 1.90. The second-order valence-electron chi connectivity index (χ2n) is 4.32. The van der Waals surface area contributed by atoms with Crippen LogP contribution < -0.4 is 0 Å². The summed E-state index contributed by atoms with van der Waals surface area (Å²) in [5, 5.41) is 14.8. The molecular weight excluding hydrogens is 255 g/mol. The molecular formula is C13H14ClFN2O. The predicted octanol–water partition coefficient (Wildman–Crippen LogP) is 2.91. The van der Waals surface area contributed by atoms with E-state index in [1.165, 1.54) is 10.7 Å². The Kier molecular flexibility index (Phi) is 3.41. The van der Waals surface area contributed by atoms with Gasteiger partial charge in [0.1, 0.15) is 17.1 Å². The summed E-state index contributed by atoms with van der Waals surface area (Å²) >= 11 is 6.08. The van der Waals surface area contributed by atoms with E-state index in [4.69, 9.17) is 11.6 Å². The van der Waals surface area contributed by atoms with E-state index in [-0.39, 0.29) is 5.82 Å². The number of aryl methyl sites for hydroxylation is 3. The zero-order valence-corrected chi connectivity index (χ0v) is 11.2. The van der Waals surface area contributed by atoms with Crippen LogP contribution in [0.4, 0.5) is 4.39 Å². The highest BCUT2D eigenvalue weighted by Gasteiger charge is 2.21. The van der Waals surface area contributed by atoms with Crippen molar-refractivity contribution in [2.45, 2.75) is 20.0 Å². The molecule has 1 aromatic carbocycles. The van der Waals surface area contributed by atoms with Crippen molar-refractivity contribution in [2.24, 2.45) is 7.05 Å². The first kappa shape index (κ1) is 13.1. The van der Waals surface area contributed by atoms with Gasteiger partial charge < -0.3 is 5.11 Å². The maximum atomic E-state index is 13.5. The first-order valence-electron chi connectivity index (χ1n) is 5.55. The Bertz CT molecular complexity index is 595. The van der Waals surface area contributed by atoms with Crippen LogP contribution in [-0.4, -0.2) is 14.9 Å². The van der Waals surface area contributed by atoms with Crippen LogP contribution in [0, 0.1) is 19.7 Å². The van der Waals surface area contributed by atoms with Gasteiger partial charge in [0.05, 0.1) is 5.69 Å². The third-order valence-electron chi connectivity index (χ3n) is 2.98. The van der Waals surface area contributed by atoms with Crippen molar-refractivity contribution in [3.05, 3.63) is 51.6 Å². The molecule has 1 unspecified atom stereocenters. The topological polar surface area (TPSA) is 38.1 Å². The van der Waals surface area contributed by atoms with Crippen molar-refractivity contribution < 1.29 is 9.50 Å². The minimum Gasteiger partial charge on any atom is -0.383 e. The van der Waals surface area contributed by atoms with Gasteiger partial charge in [-0.2, -0.15) is 5.10 Å². The number of benzene rings is 1. The molecule has 3 nitrogen and oxygen atoms in total. The summed E-state index contributed by atoms with van der Waals surface area (Å²) in [5.74, 6) is -0.343. The average molecular weight is 269 g/mol. The molecule has 0 spiro atoms. The Morgan fingerprint density at radius 3 is 2.56 bits per heavy atom. The van der Waals surface area contributed by atoms with Gasteiger partial charge in [0.2, 0.25) is 0 Å². The molecule has 1 atom stereocenters. The predicted molar refractivity (Wildman–Crippen MR) is 68.2 cm³/mol. The third kappa shape index (κ3) is 2.13. The second kappa shape index (κ2) is 4.71. The Morgan fingerprint density at radius 1 is 1.39 bits per heavy atom. The van der Waals surface area contributed by atoms with Gasteiger partial charge in [-0.05, 0) is 31.0 Å². The van der Waals surface area contributed by atoms with Crippen LogP contribution in [-0.2, 0) is 7.05 Å². The Hall–Kier alpha value is -1.39. The molecule has 2 rings (SSSR count). The van der Waals surface area contributed by atoms with Crippen molar-refractivity contribution in [3.8, 4) is 0 Å². The van der Waals surface area contributed by atoms with Crippen molar-refractivity contribution >= 4 is 11.6 Å². The molecule has 0 bridgehead atoms. The molecule has 0 radical (unpaired) electrons. The normalized spacial score (nSPS) is 12.8. The number of nitrogens with zero attached hydrogens (tertiary/aromatic N) is 2. The third-order valence-corrected chi connectivity index (χ3v) is 3.43. The van der Waals surface area contributed by atoms with Gasteiger partial charge in [0, 0.05) is 12.6 Å². The maximum absolute atomic E-state index is 13.5. The number of rotatable bonds is 2. The lowest BCUT2D eigenvalue weighted by atomic mass is 10.0. The molecule has 0 amide bonds. The molecule has 5 heteroatoms. The minimum atomic E-state index is -0.971. The minimum absolute atomic E-state index is 0.343. The van der Waals surface area contributed by atoms with Crippen LogP contribution >= 0.6 is 11.6 Å². The van der Waals surface area contributed by atoms with Crippen LogP contribution in [0.2, 0.25) is 5.15 Å². The summed E-state index contributed by atoms with van der Waals surface area (Å²) in [6, 6.07) is 4.64. The van der Waals surface area contributed by atoms with Crippen LogP contribution in [0.25, 0.3) is 0 Å². The number of aliphatic hydroxyl groups is 1. The van der Waals surface area contributed by atoms with Crippen LogP contribution in [0.15, 0.2) is 18.2 Å². The molecule has 1 aromatic heterocycles. The zero-order chi connectivity index (χ0) is 13.4. The molecule has 1 N–H and O–H groups in total. The van der Waals surface area contributed by atoms with Crippen LogP contribution in [0.3, 0.4) is 0 Å². The van der Waals surface area contributed by atoms with Gasteiger partial charge in [0.25, 0.3) is 0 Å². The van der Waals surface area contributed by atoms with Gasteiger partial charge in [-0.15, -0.1) is 0 Å². The smallest absolute Gasteiger partial charge is 0.133 e. The number of halogens is 2. The maximum Gasteiger partial charge on any atom is 0.133 e. The van der Waals surface area contributed by atoms with Gasteiger partial charge in [-0.1, -0.05) is 23.7 Å².